The summed E-state index contributed by atoms with van der Waals surface area (Å²) >= 11 is 1.23. The smallest absolute Gasteiger partial charge is 0.274 e. The van der Waals surface area contributed by atoms with Crippen molar-refractivity contribution >= 4 is 40.1 Å². The highest BCUT2D eigenvalue weighted by molar-refractivity contribution is 8.15. The van der Waals surface area contributed by atoms with Gasteiger partial charge in [-0.05, 0) is 13.0 Å². The van der Waals surface area contributed by atoms with E-state index in [2.05, 4.69) is 10.3 Å². The van der Waals surface area contributed by atoms with E-state index in [0.29, 0.717) is 16.4 Å². The zero-order chi connectivity index (χ0) is 17.1. The molecule has 2 rings (SSSR count). The molecular weight excluding hydrogens is 320 g/mol. The van der Waals surface area contributed by atoms with Crippen LogP contribution in [0.3, 0.4) is 0 Å². The molecule has 122 valence electrons. The first kappa shape index (κ1) is 16.9. The van der Waals surface area contributed by atoms with Gasteiger partial charge in [0.15, 0.2) is 5.17 Å². The molecule has 1 aliphatic rings. The third-order valence-electron chi connectivity index (χ3n) is 3.39. The van der Waals surface area contributed by atoms with Crippen LogP contribution in [0.1, 0.15) is 12.0 Å². The van der Waals surface area contributed by atoms with Crippen molar-refractivity contribution in [3.05, 3.63) is 33.9 Å². The van der Waals surface area contributed by atoms with Crippen LogP contribution >= 0.6 is 11.8 Å². The van der Waals surface area contributed by atoms with Gasteiger partial charge >= 0.3 is 0 Å². The Labute approximate surface area is 137 Å². The van der Waals surface area contributed by atoms with Gasteiger partial charge in [0.25, 0.3) is 5.69 Å². The van der Waals surface area contributed by atoms with Gasteiger partial charge in [0.1, 0.15) is 5.25 Å². The van der Waals surface area contributed by atoms with E-state index in [1.165, 1.54) is 22.7 Å². The first-order valence-electron chi connectivity index (χ1n) is 6.79. The molecule has 0 aliphatic carbocycles. The second-order valence-corrected chi connectivity index (χ2v) is 6.19. The first-order valence-corrected chi connectivity index (χ1v) is 7.67. The second-order valence-electron chi connectivity index (χ2n) is 5.02. The Balaban J connectivity index is 2.05. The molecule has 1 aliphatic heterocycles. The van der Waals surface area contributed by atoms with Crippen molar-refractivity contribution in [2.45, 2.75) is 18.6 Å². The van der Waals surface area contributed by atoms with Crippen molar-refractivity contribution in [2.24, 2.45) is 4.99 Å². The van der Waals surface area contributed by atoms with Crippen LogP contribution in [0.15, 0.2) is 23.2 Å². The zero-order valence-electron chi connectivity index (χ0n) is 12.9. The molecule has 1 fully saturated rings. The van der Waals surface area contributed by atoms with Crippen LogP contribution in [0.25, 0.3) is 0 Å². The van der Waals surface area contributed by atoms with Crippen molar-refractivity contribution in [2.75, 3.05) is 19.4 Å². The normalized spacial score (nSPS) is 19.3. The summed E-state index contributed by atoms with van der Waals surface area (Å²) in [6, 6.07) is 4.47. The number of rotatable bonds is 4. The number of amidine groups is 1. The number of hydrogen-bond donors (Lipinski definition) is 1. The Morgan fingerprint density at radius 3 is 2.78 bits per heavy atom. The summed E-state index contributed by atoms with van der Waals surface area (Å²) in [5.41, 5.74) is 0.787. The summed E-state index contributed by atoms with van der Waals surface area (Å²) in [6.07, 6.45) is -0.0193. The van der Waals surface area contributed by atoms with Crippen LogP contribution in [0, 0.1) is 17.0 Å². The van der Waals surface area contributed by atoms with Crippen molar-refractivity contribution in [1.29, 1.82) is 0 Å². The van der Waals surface area contributed by atoms with Crippen molar-refractivity contribution in [3.63, 3.8) is 0 Å². The lowest BCUT2D eigenvalue weighted by Gasteiger charge is -2.09. The molecule has 9 heteroatoms. The fourth-order valence-corrected chi connectivity index (χ4v) is 3.26. The van der Waals surface area contributed by atoms with Gasteiger partial charge < -0.3 is 5.32 Å². The number of anilines is 1. The van der Waals surface area contributed by atoms with Crippen LogP contribution in [0.2, 0.25) is 0 Å². The van der Waals surface area contributed by atoms with Gasteiger partial charge in [-0.15, -0.1) is 0 Å². The molecule has 0 aromatic heterocycles. The van der Waals surface area contributed by atoms with Gasteiger partial charge in [0, 0.05) is 37.8 Å². The Kier molecular flexibility index (Phi) is 4.99. The maximum atomic E-state index is 12.1. The third-order valence-corrected chi connectivity index (χ3v) is 4.71. The van der Waals surface area contributed by atoms with E-state index in [1.54, 1.807) is 33.2 Å². The fraction of sp³-hybridized carbons (Fsp3) is 0.357. The number of carbonyl (C=O) groups is 2. The van der Waals surface area contributed by atoms with Crippen LogP contribution in [0.4, 0.5) is 11.4 Å². The largest absolute Gasteiger partial charge is 0.326 e. The van der Waals surface area contributed by atoms with Gasteiger partial charge in [0.2, 0.25) is 11.8 Å². The molecule has 23 heavy (non-hydrogen) atoms. The number of aryl methyl sites for hydroxylation is 1. The monoisotopic (exact) mass is 336 g/mol. The molecule has 1 aromatic rings. The highest BCUT2D eigenvalue weighted by Gasteiger charge is 2.36. The number of nitrogens with zero attached hydrogens (tertiary/aromatic N) is 3. The molecule has 2 amide bonds. The van der Waals surface area contributed by atoms with Crippen LogP contribution in [-0.4, -0.2) is 46.2 Å². The van der Waals surface area contributed by atoms with Crippen molar-refractivity contribution in [1.82, 2.24) is 4.90 Å². The Hall–Kier alpha value is -2.42. The predicted octanol–water partition coefficient (Wildman–Crippen LogP) is 1.79. The average Bonchev–Trinajstić information content (AvgIpc) is 2.76. The summed E-state index contributed by atoms with van der Waals surface area (Å²) in [5.74, 6) is -0.555. The van der Waals surface area contributed by atoms with Crippen LogP contribution in [-0.2, 0) is 9.59 Å². The minimum Gasteiger partial charge on any atom is -0.326 e. The first-order chi connectivity index (χ1) is 10.8. The van der Waals surface area contributed by atoms with E-state index in [-0.39, 0.29) is 23.9 Å². The van der Waals surface area contributed by atoms with Gasteiger partial charge in [-0.2, -0.15) is 0 Å². The topological polar surface area (TPSA) is 105 Å². The maximum absolute atomic E-state index is 12.1. The van der Waals surface area contributed by atoms with Crippen LogP contribution in [0.5, 0.6) is 0 Å². The van der Waals surface area contributed by atoms with Gasteiger partial charge in [-0.3, -0.25) is 29.6 Å². The molecule has 1 aromatic carbocycles. The summed E-state index contributed by atoms with van der Waals surface area (Å²) in [5, 5.41) is 13.5. The summed E-state index contributed by atoms with van der Waals surface area (Å²) in [6.45, 7) is 1.62. The lowest BCUT2D eigenvalue weighted by molar-refractivity contribution is -0.385. The molecule has 0 saturated carbocycles. The number of hydrogen-bond acceptors (Lipinski definition) is 6. The van der Waals surface area contributed by atoms with Crippen molar-refractivity contribution in [3.8, 4) is 0 Å². The highest BCUT2D eigenvalue weighted by Crippen LogP contribution is 2.29. The lowest BCUT2D eigenvalue weighted by Crippen LogP contribution is -2.30. The molecule has 1 atom stereocenters. The van der Waals surface area contributed by atoms with E-state index in [9.17, 15) is 19.7 Å². The fourth-order valence-electron chi connectivity index (χ4n) is 2.16. The number of nitro benzene ring substituents is 1. The second kappa shape index (κ2) is 6.78. The number of thioether (sulfide) groups is 1. The number of benzene rings is 1. The van der Waals surface area contributed by atoms with E-state index in [4.69, 9.17) is 0 Å². The van der Waals surface area contributed by atoms with Gasteiger partial charge in [-0.25, -0.2) is 0 Å². The van der Waals surface area contributed by atoms with E-state index >= 15 is 0 Å². The summed E-state index contributed by atoms with van der Waals surface area (Å²) < 4.78 is 0. The molecule has 0 bridgehead atoms. The number of nitro groups is 1. The predicted molar refractivity (Wildman–Crippen MR) is 88.6 cm³/mol. The molecule has 1 heterocycles. The molecule has 1 saturated heterocycles. The van der Waals surface area contributed by atoms with Crippen LogP contribution < -0.4 is 5.32 Å². The minimum atomic E-state index is -0.529. The Morgan fingerprint density at radius 1 is 1.52 bits per heavy atom. The van der Waals surface area contributed by atoms with E-state index in [1.807, 2.05) is 0 Å². The Bertz CT molecular complexity index is 704. The SMILES string of the molecule is CN=C1S[C@@H](CC(=O)Nc2ccc(C)c([N+](=O)[O-])c2)C(=O)N1C. The van der Waals surface area contributed by atoms with E-state index in [0.717, 1.165) is 0 Å². The minimum absolute atomic E-state index is 0.0193. The van der Waals surface area contributed by atoms with E-state index < -0.39 is 10.2 Å². The Morgan fingerprint density at radius 2 is 2.22 bits per heavy atom. The van der Waals surface area contributed by atoms with Gasteiger partial charge in [-0.1, -0.05) is 17.8 Å². The number of amides is 2. The number of aliphatic imine (C=N–C) groups is 1. The molecule has 1 N–H and O–H groups in total. The summed E-state index contributed by atoms with van der Waals surface area (Å²) in [4.78, 5) is 39.9. The maximum Gasteiger partial charge on any atom is 0.274 e. The lowest BCUT2D eigenvalue weighted by atomic mass is 10.2. The number of carbonyl (C=O) groups excluding carboxylic acids is 2. The summed E-state index contributed by atoms with van der Waals surface area (Å²) in [7, 11) is 3.19. The molecule has 0 radical (unpaired) electrons. The average molecular weight is 336 g/mol. The standard InChI is InChI=1S/C14H16N4O4S/c1-8-4-5-9(6-10(8)18(21)22)16-12(19)7-11-13(20)17(3)14(15-2)23-11/h4-6,11H,7H2,1-3H3,(H,16,19)/t11-/m0/s1. The molecule has 8 nitrogen and oxygen atoms in total. The van der Waals surface area contributed by atoms with Crippen molar-refractivity contribution < 1.29 is 14.5 Å². The third kappa shape index (κ3) is 3.67. The number of nitrogens with one attached hydrogen (secondary N) is 1. The molecule has 0 unspecified atom stereocenters. The quantitative estimate of drug-likeness (QED) is 0.666. The molecular formula is C14H16N4O4S. The highest BCUT2D eigenvalue weighted by atomic mass is 32.2. The molecule has 0 spiro atoms. The van der Waals surface area contributed by atoms with Gasteiger partial charge in [0.05, 0.1) is 4.92 Å². The zero-order valence-corrected chi connectivity index (χ0v) is 13.7.